The van der Waals surface area contributed by atoms with Gasteiger partial charge >= 0.3 is 0 Å². The molecule has 1 aliphatic heterocycles. The van der Waals surface area contributed by atoms with Crippen molar-refractivity contribution in [2.24, 2.45) is 0 Å². The summed E-state index contributed by atoms with van der Waals surface area (Å²) in [5.41, 5.74) is 2.37. The molecule has 0 aromatic heterocycles. The molecule has 4 nitrogen and oxygen atoms in total. The minimum Gasteiger partial charge on any atom is -0.310 e. The van der Waals surface area contributed by atoms with E-state index < -0.39 is 0 Å². The summed E-state index contributed by atoms with van der Waals surface area (Å²) in [7, 11) is 0. The van der Waals surface area contributed by atoms with Crippen LogP contribution in [-0.4, -0.2) is 11.5 Å². The number of benzene rings is 1. The number of nitrogens with zero attached hydrogens (tertiary/aromatic N) is 1. The zero-order valence-corrected chi connectivity index (χ0v) is 8.69. The zero-order valence-electron chi connectivity index (χ0n) is 8.69. The molecule has 1 heterocycles. The second-order valence-electron chi connectivity index (χ2n) is 3.95. The van der Waals surface area contributed by atoms with Gasteiger partial charge in [-0.3, -0.25) is 10.1 Å². The van der Waals surface area contributed by atoms with E-state index in [4.69, 9.17) is 0 Å². The zero-order chi connectivity index (χ0) is 10.8. The Hall–Kier alpha value is -1.42. The van der Waals surface area contributed by atoms with Gasteiger partial charge in [-0.05, 0) is 37.4 Å². The summed E-state index contributed by atoms with van der Waals surface area (Å²) in [4.78, 5) is 10.2. The molecule has 1 unspecified atom stereocenters. The lowest BCUT2D eigenvalue weighted by molar-refractivity contribution is -0.384. The van der Waals surface area contributed by atoms with Gasteiger partial charge in [0.25, 0.3) is 5.69 Å². The molecule has 80 valence electrons. The Labute approximate surface area is 88.5 Å². The maximum Gasteiger partial charge on any atom is 0.269 e. The van der Waals surface area contributed by atoms with Gasteiger partial charge in [0, 0.05) is 18.2 Å². The number of nitro benzene ring substituents is 1. The van der Waals surface area contributed by atoms with Crippen LogP contribution in [0.1, 0.15) is 30.0 Å². The first-order valence-corrected chi connectivity index (χ1v) is 5.17. The Kier molecular flexibility index (Phi) is 2.68. The quantitative estimate of drug-likeness (QED) is 0.596. The van der Waals surface area contributed by atoms with Crippen LogP contribution >= 0.6 is 0 Å². The van der Waals surface area contributed by atoms with E-state index in [1.807, 2.05) is 13.0 Å². The van der Waals surface area contributed by atoms with Gasteiger partial charge in [0.2, 0.25) is 0 Å². The Balaban J connectivity index is 2.29. The molecule has 0 saturated carbocycles. The Bertz CT molecular complexity index is 384. The third-order valence-corrected chi connectivity index (χ3v) is 2.90. The first-order chi connectivity index (χ1) is 7.18. The van der Waals surface area contributed by atoms with Crippen LogP contribution in [0, 0.1) is 17.0 Å². The average Bonchev–Trinajstić information content (AvgIpc) is 2.70. The summed E-state index contributed by atoms with van der Waals surface area (Å²) >= 11 is 0. The number of aryl methyl sites for hydroxylation is 1. The summed E-state index contributed by atoms with van der Waals surface area (Å²) in [6, 6.07) is 5.49. The monoisotopic (exact) mass is 206 g/mol. The molecule has 1 saturated heterocycles. The van der Waals surface area contributed by atoms with Crippen molar-refractivity contribution in [3.8, 4) is 0 Å². The van der Waals surface area contributed by atoms with Crippen molar-refractivity contribution in [3.05, 3.63) is 39.4 Å². The lowest BCUT2D eigenvalue weighted by Gasteiger charge is -2.13. The minimum atomic E-state index is -0.348. The highest BCUT2D eigenvalue weighted by Crippen LogP contribution is 2.27. The molecule has 1 fully saturated rings. The Morgan fingerprint density at radius 3 is 2.87 bits per heavy atom. The highest BCUT2D eigenvalue weighted by molar-refractivity contribution is 5.40. The number of non-ortho nitro benzene ring substituents is 1. The average molecular weight is 206 g/mol. The summed E-state index contributed by atoms with van der Waals surface area (Å²) in [6.07, 6.45) is 2.31. The number of nitrogens with one attached hydrogen (secondary N) is 1. The summed E-state index contributed by atoms with van der Waals surface area (Å²) in [6.45, 7) is 2.98. The SMILES string of the molecule is Cc1cc([N+](=O)[O-])ccc1C1CCCN1. The molecule has 0 bridgehead atoms. The van der Waals surface area contributed by atoms with Crippen molar-refractivity contribution in [2.45, 2.75) is 25.8 Å². The van der Waals surface area contributed by atoms with Crippen molar-refractivity contribution >= 4 is 5.69 Å². The molecule has 0 amide bonds. The van der Waals surface area contributed by atoms with Crippen molar-refractivity contribution in [1.29, 1.82) is 0 Å². The van der Waals surface area contributed by atoms with Crippen LogP contribution in [-0.2, 0) is 0 Å². The van der Waals surface area contributed by atoms with E-state index in [0.717, 1.165) is 18.5 Å². The van der Waals surface area contributed by atoms with E-state index in [9.17, 15) is 10.1 Å². The highest BCUT2D eigenvalue weighted by Gasteiger charge is 2.19. The summed E-state index contributed by atoms with van der Waals surface area (Å²) in [5.74, 6) is 0. The highest BCUT2D eigenvalue weighted by atomic mass is 16.6. The molecule has 4 heteroatoms. The number of hydrogen-bond acceptors (Lipinski definition) is 3. The first-order valence-electron chi connectivity index (χ1n) is 5.17. The largest absolute Gasteiger partial charge is 0.310 e. The number of hydrogen-bond donors (Lipinski definition) is 1. The van der Waals surface area contributed by atoms with E-state index in [1.165, 1.54) is 12.0 Å². The van der Waals surface area contributed by atoms with E-state index in [2.05, 4.69) is 5.32 Å². The smallest absolute Gasteiger partial charge is 0.269 e. The van der Waals surface area contributed by atoms with Crippen molar-refractivity contribution < 1.29 is 4.92 Å². The first kappa shape index (κ1) is 10.1. The van der Waals surface area contributed by atoms with Gasteiger partial charge in [-0.15, -0.1) is 0 Å². The topological polar surface area (TPSA) is 55.2 Å². The van der Waals surface area contributed by atoms with Gasteiger partial charge < -0.3 is 5.32 Å². The van der Waals surface area contributed by atoms with Crippen molar-refractivity contribution in [1.82, 2.24) is 5.32 Å². The van der Waals surface area contributed by atoms with Crippen molar-refractivity contribution in [2.75, 3.05) is 6.54 Å². The second kappa shape index (κ2) is 3.98. The lowest BCUT2D eigenvalue weighted by atomic mass is 9.99. The number of nitro groups is 1. The third-order valence-electron chi connectivity index (χ3n) is 2.90. The molecular formula is C11H14N2O2. The molecular weight excluding hydrogens is 192 g/mol. The van der Waals surface area contributed by atoms with Gasteiger partial charge in [-0.2, -0.15) is 0 Å². The fourth-order valence-electron chi connectivity index (χ4n) is 2.11. The van der Waals surface area contributed by atoms with Crippen LogP contribution < -0.4 is 5.32 Å². The molecule has 1 aliphatic rings. The molecule has 0 radical (unpaired) electrons. The van der Waals surface area contributed by atoms with E-state index in [-0.39, 0.29) is 10.6 Å². The summed E-state index contributed by atoms with van der Waals surface area (Å²) < 4.78 is 0. The predicted octanol–water partition coefficient (Wildman–Crippen LogP) is 2.33. The predicted molar refractivity (Wildman–Crippen MR) is 57.8 cm³/mol. The molecule has 1 aromatic carbocycles. The number of rotatable bonds is 2. The second-order valence-corrected chi connectivity index (χ2v) is 3.95. The Morgan fingerprint density at radius 1 is 1.53 bits per heavy atom. The summed E-state index contributed by atoms with van der Waals surface area (Å²) in [5, 5.41) is 14.0. The molecule has 0 spiro atoms. The van der Waals surface area contributed by atoms with Gasteiger partial charge in [-0.1, -0.05) is 6.07 Å². The van der Waals surface area contributed by atoms with E-state index >= 15 is 0 Å². The maximum atomic E-state index is 10.6. The molecule has 1 N–H and O–H groups in total. The van der Waals surface area contributed by atoms with Gasteiger partial charge in [-0.25, -0.2) is 0 Å². The maximum absolute atomic E-state index is 10.6. The fraction of sp³-hybridized carbons (Fsp3) is 0.455. The van der Waals surface area contributed by atoms with Crippen LogP contribution in [0.5, 0.6) is 0 Å². The molecule has 1 aromatic rings. The van der Waals surface area contributed by atoms with Crippen LogP contribution in [0.15, 0.2) is 18.2 Å². The van der Waals surface area contributed by atoms with E-state index in [0.29, 0.717) is 6.04 Å². The Morgan fingerprint density at radius 2 is 2.33 bits per heavy atom. The normalized spacial score (nSPS) is 20.5. The van der Waals surface area contributed by atoms with Crippen molar-refractivity contribution in [3.63, 3.8) is 0 Å². The van der Waals surface area contributed by atoms with Gasteiger partial charge in [0.05, 0.1) is 4.92 Å². The fourth-order valence-corrected chi connectivity index (χ4v) is 2.11. The molecule has 15 heavy (non-hydrogen) atoms. The van der Waals surface area contributed by atoms with Gasteiger partial charge in [0.1, 0.15) is 0 Å². The molecule has 2 rings (SSSR count). The van der Waals surface area contributed by atoms with E-state index in [1.54, 1.807) is 12.1 Å². The van der Waals surface area contributed by atoms with Crippen LogP contribution in [0.4, 0.5) is 5.69 Å². The standard InChI is InChI=1S/C11H14N2O2/c1-8-7-9(13(14)15)4-5-10(8)11-3-2-6-12-11/h4-5,7,11-12H,2-3,6H2,1H3. The van der Waals surface area contributed by atoms with Crippen LogP contribution in [0.3, 0.4) is 0 Å². The third kappa shape index (κ3) is 1.99. The molecule has 1 atom stereocenters. The minimum absolute atomic E-state index is 0.175. The van der Waals surface area contributed by atoms with Gasteiger partial charge in [0.15, 0.2) is 0 Å². The van der Waals surface area contributed by atoms with Crippen LogP contribution in [0.2, 0.25) is 0 Å². The molecule has 0 aliphatic carbocycles. The lowest BCUT2D eigenvalue weighted by Crippen LogP contribution is -2.13. The van der Waals surface area contributed by atoms with Crippen LogP contribution in [0.25, 0.3) is 0 Å².